The third-order valence-electron chi connectivity index (χ3n) is 4.48. The van der Waals surface area contributed by atoms with E-state index in [4.69, 9.17) is 0 Å². The number of hydrogen-bond acceptors (Lipinski definition) is 3. The Morgan fingerprint density at radius 2 is 1.75 bits per heavy atom. The van der Waals surface area contributed by atoms with E-state index in [0.717, 1.165) is 49.7 Å². The van der Waals surface area contributed by atoms with Gasteiger partial charge in [-0.1, -0.05) is 37.3 Å². The molecule has 4 nitrogen and oxygen atoms in total. The molecule has 1 fully saturated rings. The van der Waals surface area contributed by atoms with Gasteiger partial charge in [-0.05, 0) is 61.8 Å². The van der Waals surface area contributed by atoms with Gasteiger partial charge in [0.1, 0.15) is 0 Å². The fraction of sp³-hybridized carbons (Fsp3) is 0.444. The van der Waals surface area contributed by atoms with Crippen molar-refractivity contribution in [1.29, 1.82) is 0 Å². The van der Waals surface area contributed by atoms with Crippen LogP contribution in [0.1, 0.15) is 26.2 Å². The highest BCUT2D eigenvalue weighted by Gasteiger charge is 2.24. The summed E-state index contributed by atoms with van der Waals surface area (Å²) in [6.07, 6.45) is 2.91. The van der Waals surface area contributed by atoms with E-state index in [1.807, 2.05) is 30.3 Å². The number of likely N-dealkylation sites (tertiary alicyclic amines) is 1. The highest BCUT2D eigenvalue weighted by atomic mass is 35.5. The summed E-state index contributed by atoms with van der Waals surface area (Å²) in [6, 6.07) is 13.2. The molecule has 0 atom stereocenters. The van der Waals surface area contributed by atoms with Crippen LogP contribution in [0, 0.1) is 0 Å². The van der Waals surface area contributed by atoms with Gasteiger partial charge in [0.15, 0.2) is 0 Å². The van der Waals surface area contributed by atoms with Crippen molar-refractivity contribution in [3.63, 3.8) is 0 Å². The van der Waals surface area contributed by atoms with Crippen molar-refractivity contribution in [2.45, 2.75) is 37.1 Å². The Balaban J connectivity index is 0.00000208. The Kier molecular flexibility index (Phi) is 6.63. The van der Waals surface area contributed by atoms with Crippen molar-refractivity contribution in [2.24, 2.45) is 0 Å². The third-order valence-corrected chi connectivity index (χ3v) is 6.00. The standard InChI is InChI=1S/C18H24N2O2S.ClH/c1-2-11-20-12-9-17(10-13-20)19-23(21,22)18-8-7-15-5-3-4-6-16(15)14-18;/h3-8,14,17,19H,2,9-13H2,1H3;1H. The molecule has 24 heavy (non-hydrogen) atoms. The van der Waals surface area contributed by atoms with Gasteiger partial charge < -0.3 is 4.90 Å². The van der Waals surface area contributed by atoms with Gasteiger partial charge in [-0.3, -0.25) is 0 Å². The maximum absolute atomic E-state index is 12.6. The number of benzene rings is 2. The summed E-state index contributed by atoms with van der Waals surface area (Å²) in [5, 5.41) is 2.01. The topological polar surface area (TPSA) is 49.4 Å². The number of hydrogen-bond donors (Lipinski definition) is 1. The molecule has 0 spiro atoms. The fourth-order valence-corrected chi connectivity index (χ4v) is 4.55. The minimum atomic E-state index is -3.45. The first-order valence-electron chi connectivity index (χ1n) is 8.32. The second-order valence-electron chi connectivity index (χ2n) is 6.25. The van der Waals surface area contributed by atoms with Crippen molar-refractivity contribution in [3.8, 4) is 0 Å². The lowest BCUT2D eigenvalue weighted by Gasteiger charge is -2.31. The molecule has 1 aliphatic heterocycles. The lowest BCUT2D eigenvalue weighted by Crippen LogP contribution is -2.44. The zero-order chi connectivity index (χ0) is 16.3. The molecule has 1 N–H and O–H groups in total. The minimum absolute atomic E-state index is 0. The highest BCUT2D eigenvalue weighted by Crippen LogP contribution is 2.20. The van der Waals surface area contributed by atoms with Gasteiger partial charge in [0.2, 0.25) is 10.0 Å². The molecule has 1 saturated heterocycles. The first-order chi connectivity index (χ1) is 11.1. The van der Waals surface area contributed by atoms with Crippen molar-refractivity contribution in [1.82, 2.24) is 9.62 Å². The van der Waals surface area contributed by atoms with Crippen LogP contribution in [0.4, 0.5) is 0 Å². The maximum Gasteiger partial charge on any atom is 0.240 e. The van der Waals surface area contributed by atoms with Gasteiger partial charge in [0, 0.05) is 6.04 Å². The van der Waals surface area contributed by atoms with E-state index in [0.29, 0.717) is 4.90 Å². The Bertz CT molecular complexity index is 771. The van der Waals surface area contributed by atoms with Crippen molar-refractivity contribution in [2.75, 3.05) is 19.6 Å². The summed E-state index contributed by atoms with van der Waals surface area (Å²) in [7, 11) is -3.45. The summed E-state index contributed by atoms with van der Waals surface area (Å²) in [4.78, 5) is 2.76. The summed E-state index contributed by atoms with van der Waals surface area (Å²) in [5.41, 5.74) is 0. The predicted octanol–water partition coefficient (Wildman–Crippen LogP) is 3.41. The van der Waals surface area contributed by atoms with Gasteiger partial charge in [-0.15, -0.1) is 12.4 Å². The van der Waals surface area contributed by atoms with E-state index in [1.165, 1.54) is 0 Å². The van der Waals surface area contributed by atoms with Gasteiger partial charge in [-0.25, -0.2) is 13.1 Å². The molecule has 0 unspecified atom stereocenters. The fourth-order valence-electron chi connectivity index (χ4n) is 3.21. The molecule has 3 rings (SSSR count). The molecule has 0 saturated carbocycles. The second kappa shape index (κ2) is 8.30. The zero-order valence-electron chi connectivity index (χ0n) is 13.9. The molecule has 1 aliphatic rings. The summed E-state index contributed by atoms with van der Waals surface area (Å²) >= 11 is 0. The minimum Gasteiger partial charge on any atom is -0.303 e. The Morgan fingerprint density at radius 3 is 2.42 bits per heavy atom. The smallest absolute Gasteiger partial charge is 0.240 e. The molecule has 0 aromatic heterocycles. The number of nitrogens with one attached hydrogen (secondary N) is 1. The molecule has 1 heterocycles. The van der Waals surface area contributed by atoms with Crippen LogP contribution in [0.25, 0.3) is 10.8 Å². The van der Waals surface area contributed by atoms with Crippen LogP contribution in [0.2, 0.25) is 0 Å². The Hall–Kier alpha value is -1.14. The molecular weight excluding hydrogens is 344 g/mol. The number of sulfonamides is 1. The van der Waals surface area contributed by atoms with Gasteiger partial charge >= 0.3 is 0 Å². The number of piperidine rings is 1. The molecule has 0 bridgehead atoms. The van der Waals surface area contributed by atoms with E-state index < -0.39 is 10.0 Å². The second-order valence-corrected chi connectivity index (χ2v) is 7.96. The van der Waals surface area contributed by atoms with Crippen LogP contribution >= 0.6 is 12.4 Å². The van der Waals surface area contributed by atoms with Crippen LogP contribution in [0.3, 0.4) is 0 Å². The van der Waals surface area contributed by atoms with Crippen LogP contribution < -0.4 is 4.72 Å². The van der Waals surface area contributed by atoms with E-state index in [1.54, 1.807) is 12.1 Å². The van der Waals surface area contributed by atoms with Gasteiger partial charge in [0.25, 0.3) is 0 Å². The maximum atomic E-state index is 12.6. The molecule has 132 valence electrons. The molecular formula is C18H25ClN2O2S. The molecule has 0 radical (unpaired) electrons. The molecule has 2 aromatic carbocycles. The average molecular weight is 369 g/mol. The largest absolute Gasteiger partial charge is 0.303 e. The summed E-state index contributed by atoms with van der Waals surface area (Å²) in [5.74, 6) is 0. The predicted molar refractivity (Wildman–Crippen MR) is 101 cm³/mol. The number of fused-ring (bicyclic) bond motifs is 1. The van der Waals surface area contributed by atoms with E-state index in [9.17, 15) is 8.42 Å². The lowest BCUT2D eigenvalue weighted by atomic mass is 10.1. The Morgan fingerprint density at radius 1 is 1.08 bits per heavy atom. The normalized spacial score (nSPS) is 16.9. The lowest BCUT2D eigenvalue weighted by molar-refractivity contribution is 0.208. The summed E-state index contributed by atoms with van der Waals surface area (Å²) in [6.45, 7) is 5.22. The average Bonchev–Trinajstić information content (AvgIpc) is 2.56. The van der Waals surface area contributed by atoms with Crippen molar-refractivity contribution < 1.29 is 8.42 Å². The molecule has 0 amide bonds. The number of nitrogens with zero attached hydrogens (tertiary/aromatic N) is 1. The van der Waals surface area contributed by atoms with Crippen molar-refractivity contribution in [3.05, 3.63) is 42.5 Å². The van der Waals surface area contributed by atoms with Gasteiger partial charge in [-0.2, -0.15) is 0 Å². The monoisotopic (exact) mass is 368 g/mol. The number of rotatable bonds is 5. The van der Waals surface area contributed by atoms with Crippen LogP contribution in [-0.4, -0.2) is 39.0 Å². The first kappa shape index (κ1) is 19.2. The van der Waals surface area contributed by atoms with Crippen LogP contribution in [-0.2, 0) is 10.0 Å². The van der Waals surface area contributed by atoms with Crippen molar-refractivity contribution >= 4 is 33.2 Å². The quantitative estimate of drug-likeness (QED) is 0.879. The zero-order valence-corrected chi connectivity index (χ0v) is 15.6. The van der Waals surface area contributed by atoms with Crippen LogP contribution in [0.15, 0.2) is 47.4 Å². The molecule has 0 aliphatic carbocycles. The van der Waals surface area contributed by atoms with E-state index >= 15 is 0 Å². The SMILES string of the molecule is CCCN1CCC(NS(=O)(=O)c2ccc3ccccc3c2)CC1.Cl. The van der Waals surface area contributed by atoms with Crippen LogP contribution in [0.5, 0.6) is 0 Å². The third kappa shape index (κ3) is 4.48. The van der Waals surface area contributed by atoms with E-state index in [2.05, 4.69) is 16.5 Å². The molecule has 2 aromatic rings. The summed E-state index contributed by atoms with van der Waals surface area (Å²) < 4.78 is 28.1. The van der Waals surface area contributed by atoms with Gasteiger partial charge in [0.05, 0.1) is 4.90 Å². The highest BCUT2D eigenvalue weighted by molar-refractivity contribution is 7.89. The Labute approximate surface area is 150 Å². The first-order valence-corrected chi connectivity index (χ1v) is 9.80. The van der Waals surface area contributed by atoms with E-state index in [-0.39, 0.29) is 18.4 Å². The number of halogens is 1. The molecule has 6 heteroatoms.